The van der Waals surface area contributed by atoms with Gasteiger partial charge in [0.05, 0.1) is 28.2 Å². The minimum atomic E-state index is -0.00552. The fourth-order valence-corrected chi connectivity index (χ4v) is 7.10. The van der Waals surface area contributed by atoms with Crippen LogP contribution in [0.5, 0.6) is 5.75 Å². The van der Waals surface area contributed by atoms with Gasteiger partial charge in [-0.15, -0.1) is 0 Å². The van der Waals surface area contributed by atoms with Gasteiger partial charge in [0, 0.05) is 27.5 Å². The predicted octanol–water partition coefficient (Wildman–Crippen LogP) is 8.32. The van der Waals surface area contributed by atoms with Crippen molar-refractivity contribution in [2.24, 2.45) is 17.3 Å². The van der Waals surface area contributed by atoms with E-state index < -0.39 is 0 Å². The van der Waals surface area contributed by atoms with E-state index in [1.54, 1.807) is 0 Å². The summed E-state index contributed by atoms with van der Waals surface area (Å²) in [6, 6.07) is 23.4. The van der Waals surface area contributed by atoms with Crippen LogP contribution in [0.4, 0.5) is 0 Å². The van der Waals surface area contributed by atoms with Crippen molar-refractivity contribution in [3.8, 4) is 5.75 Å². The number of benzene rings is 4. The van der Waals surface area contributed by atoms with Crippen molar-refractivity contribution in [1.29, 1.82) is 0 Å². The standard InChI is InChI=1S/C35H34N2O2/c1-4-23-19-24(35(23,2)3)20-25-15-16-28-32-31(26-12-8-9-13-27(26)34(28)39-25)37-30-18-22(14-17-29(30)36-32)33(38)21-10-6-5-7-11-21/h5-14,17-18,23-25H,4,15-16,19-20H2,1-3H3. The fraction of sp³-hybridized carbons (Fsp3) is 0.343. The summed E-state index contributed by atoms with van der Waals surface area (Å²) in [6.45, 7) is 7.20. The van der Waals surface area contributed by atoms with E-state index >= 15 is 0 Å². The quantitative estimate of drug-likeness (QED) is 0.134. The lowest BCUT2D eigenvalue weighted by Gasteiger charge is -2.53. The van der Waals surface area contributed by atoms with Gasteiger partial charge in [-0.1, -0.05) is 81.8 Å². The van der Waals surface area contributed by atoms with E-state index in [0.717, 1.165) is 75.3 Å². The summed E-state index contributed by atoms with van der Waals surface area (Å²) in [5, 5.41) is 2.16. The van der Waals surface area contributed by atoms with E-state index in [9.17, 15) is 4.79 Å². The zero-order valence-electron chi connectivity index (χ0n) is 22.9. The van der Waals surface area contributed by atoms with Crippen LogP contribution in [-0.2, 0) is 6.42 Å². The molecule has 0 N–H and O–H groups in total. The second-order valence-corrected chi connectivity index (χ2v) is 12.0. The zero-order chi connectivity index (χ0) is 26.7. The number of hydrogen-bond acceptors (Lipinski definition) is 4. The summed E-state index contributed by atoms with van der Waals surface area (Å²) >= 11 is 0. The van der Waals surface area contributed by atoms with Gasteiger partial charge >= 0.3 is 0 Å². The highest BCUT2D eigenvalue weighted by Crippen LogP contribution is 2.55. The van der Waals surface area contributed by atoms with Crippen molar-refractivity contribution in [1.82, 2.24) is 9.97 Å². The number of ketones is 1. The van der Waals surface area contributed by atoms with Crippen molar-refractivity contribution in [3.63, 3.8) is 0 Å². The molecule has 39 heavy (non-hydrogen) atoms. The van der Waals surface area contributed by atoms with Crippen LogP contribution in [0.3, 0.4) is 0 Å². The van der Waals surface area contributed by atoms with Crippen LogP contribution in [-0.4, -0.2) is 21.9 Å². The number of nitrogens with zero attached hydrogens (tertiary/aromatic N) is 2. The van der Waals surface area contributed by atoms with E-state index in [1.807, 2.05) is 48.5 Å². The molecular weight excluding hydrogens is 480 g/mol. The Kier molecular flexibility index (Phi) is 5.69. The molecule has 1 aliphatic heterocycles. The molecule has 0 amide bonds. The third kappa shape index (κ3) is 3.92. The Morgan fingerprint density at radius 2 is 1.62 bits per heavy atom. The molecule has 7 rings (SSSR count). The van der Waals surface area contributed by atoms with E-state index in [1.165, 1.54) is 12.8 Å². The summed E-state index contributed by atoms with van der Waals surface area (Å²) in [5.41, 5.74) is 6.20. The van der Waals surface area contributed by atoms with Gasteiger partial charge in [0.1, 0.15) is 5.75 Å². The van der Waals surface area contributed by atoms with Gasteiger partial charge in [-0.3, -0.25) is 4.79 Å². The first-order valence-electron chi connectivity index (χ1n) is 14.4. The number of hydrogen-bond donors (Lipinski definition) is 0. The summed E-state index contributed by atoms with van der Waals surface area (Å²) in [6.07, 6.45) is 5.89. The average molecular weight is 515 g/mol. The van der Waals surface area contributed by atoms with Gasteiger partial charge in [-0.25, -0.2) is 9.97 Å². The molecule has 3 unspecified atom stereocenters. The fourth-order valence-electron chi connectivity index (χ4n) is 7.10. The Bertz CT molecular complexity index is 1740. The number of aryl methyl sites for hydroxylation is 1. The summed E-state index contributed by atoms with van der Waals surface area (Å²) in [5.74, 6) is 2.53. The first-order valence-corrected chi connectivity index (χ1v) is 14.4. The molecule has 1 aliphatic carbocycles. The van der Waals surface area contributed by atoms with Crippen molar-refractivity contribution in [2.75, 3.05) is 0 Å². The molecule has 0 spiro atoms. The number of aromatic nitrogens is 2. The Labute approximate surface area is 229 Å². The van der Waals surface area contributed by atoms with E-state index in [2.05, 4.69) is 45.0 Å². The van der Waals surface area contributed by atoms with Gasteiger partial charge < -0.3 is 4.74 Å². The number of ether oxygens (including phenoxy) is 1. The molecule has 3 atom stereocenters. The predicted molar refractivity (Wildman–Crippen MR) is 157 cm³/mol. The largest absolute Gasteiger partial charge is 0.489 e. The highest BCUT2D eigenvalue weighted by atomic mass is 16.5. The highest BCUT2D eigenvalue weighted by molar-refractivity contribution is 6.12. The third-order valence-corrected chi connectivity index (χ3v) is 9.66. The van der Waals surface area contributed by atoms with Crippen molar-refractivity contribution in [3.05, 3.63) is 89.5 Å². The van der Waals surface area contributed by atoms with Crippen LogP contribution >= 0.6 is 0 Å². The van der Waals surface area contributed by atoms with Gasteiger partial charge in [0.15, 0.2) is 5.78 Å². The minimum Gasteiger partial charge on any atom is -0.489 e. The molecule has 196 valence electrons. The molecule has 4 nitrogen and oxygen atoms in total. The molecule has 4 heteroatoms. The normalized spacial score (nSPS) is 21.9. The first-order chi connectivity index (χ1) is 18.9. The maximum absolute atomic E-state index is 13.1. The maximum atomic E-state index is 13.1. The Morgan fingerprint density at radius 1 is 0.872 bits per heavy atom. The summed E-state index contributed by atoms with van der Waals surface area (Å²) in [7, 11) is 0. The number of carbonyl (C=O) groups excluding carboxylic acids is 1. The lowest BCUT2D eigenvalue weighted by Crippen LogP contribution is -2.46. The molecule has 4 aromatic carbocycles. The Balaban J connectivity index is 1.29. The van der Waals surface area contributed by atoms with Crippen LogP contribution in [0, 0.1) is 17.3 Å². The smallest absolute Gasteiger partial charge is 0.193 e. The second kappa shape index (κ2) is 9.15. The molecule has 1 fully saturated rings. The molecule has 1 saturated carbocycles. The number of carbonyl (C=O) groups is 1. The molecule has 2 aliphatic rings. The van der Waals surface area contributed by atoms with Crippen LogP contribution in [0.1, 0.15) is 67.9 Å². The summed E-state index contributed by atoms with van der Waals surface area (Å²) in [4.78, 5) is 23.3. The Morgan fingerprint density at radius 3 is 2.38 bits per heavy atom. The van der Waals surface area contributed by atoms with E-state index in [4.69, 9.17) is 14.7 Å². The molecule has 0 saturated heterocycles. The number of fused-ring (bicyclic) bond motifs is 7. The van der Waals surface area contributed by atoms with Crippen LogP contribution in [0.25, 0.3) is 32.8 Å². The van der Waals surface area contributed by atoms with Crippen molar-refractivity contribution >= 4 is 38.6 Å². The van der Waals surface area contributed by atoms with Gasteiger partial charge in [-0.2, -0.15) is 0 Å². The van der Waals surface area contributed by atoms with Gasteiger partial charge in [0.25, 0.3) is 0 Å². The van der Waals surface area contributed by atoms with Gasteiger partial charge in [-0.05, 0) is 61.1 Å². The lowest BCUT2D eigenvalue weighted by molar-refractivity contribution is -0.0481. The first kappa shape index (κ1) is 24.3. The minimum absolute atomic E-state index is 0.00552. The van der Waals surface area contributed by atoms with Crippen molar-refractivity contribution < 1.29 is 9.53 Å². The zero-order valence-corrected chi connectivity index (χ0v) is 22.9. The molecular formula is C35H34N2O2. The SMILES string of the molecule is CCC1CC(CC2CCc3c(c4ccccc4c4nc5cc(C(=O)c6ccccc6)ccc5nc34)O2)C1(C)C. The van der Waals surface area contributed by atoms with Crippen LogP contribution in [0.2, 0.25) is 0 Å². The van der Waals surface area contributed by atoms with Crippen LogP contribution < -0.4 is 4.74 Å². The monoisotopic (exact) mass is 514 g/mol. The van der Waals surface area contributed by atoms with Crippen LogP contribution in [0.15, 0.2) is 72.8 Å². The lowest BCUT2D eigenvalue weighted by atomic mass is 9.52. The molecule has 0 bridgehead atoms. The average Bonchev–Trinajstić information content (AvgIpc) is 2.98. The molecule has 5 aromatic rings. The molecule has 1 aromatic heterocycles. The van der Waals surface area contributed by atoms with Gasteiger partial charge in [0.2, 0.25) is 0 Å². The second-order valence-electron chi connectivity index (χ2n) is 12.0. The topological polar surface area (TPSA) is 52.1 Å². The van der Waals surface area contributed by atoms with E-state index in [-0.39, 0.29) is 11.9 Å². The Hall–Kier alpha value is -3.79. The summed E-state index contributed by atoms with van der Waals surface area (Å²) < 4.78 is 6.82. The van der Waals surface area contributed by atoms with Crippen molar-refractivity contribution in [2.45, 2.75) is 59.0 Å². The highest BCUT2D eigenvalue weighted by Gasteiger charge is 2.47. The molecule has 2 heterocycles. The van der Waals surface area contributed by atoms with E-state index in [0.29, 0.717) is 16.5 Å². The third-order valence-electron chi connectivity index (χ3n) is 9.66. The maximum Gasteiger partial charge on any atom is 0.193 e. The number of rotatable bonds is 5. The molecule has 0 radical (unpaired) electrons.